The van der Waals surface area contributed by atoms with Crippen molar-refractivity contribution in [2.75, 3.05) is 6.54 Å². The summed E-state index contributed by atoms with van der Waals surface area (Å²) >= 11 is 0. The Labute approximate surface area is 78.1 Å². The van der Waals surface area contributed by atoms with Crippen LogP contribution in [0.2, 0.25) is 0 Å². The Hall–Kier alpha value is -1.06. The molecule has 0 aliphatic carbocycles. The Bertz CT molecular complexity index is 216. The molecule has 1 heterocycles. The molecular weight excluding hydrogens is 168 g/mol. The molecular formula is C9H15N2O2. The van der Waals surface area contributed by atoms with Crippen molar-refractivity contribution in [2.24, 2.45) is 5.73 Å². The molecule has 1 fully saturated rings. The van der Waals surface area contributed by atoms with Gasteiger partial charge >= 0.3 is 0 Å². The van der Waals surface area contributed by atoms with Crippen LogP contribution in [0, 0.1) is 6.42 Å². The summed E-state index contributed by atoms with van der Waals surface area (Å²) in [6.45, 7) is 2.44. The normalized spacial score (nSPS) is 22.8. The molecule has 1 radical (unpaired) electrons. The standard InChI is InChI=1S/C9H15N2O2/c1-2-8(12)11-6-4-3-5-7(11)9(10)13/h5,7H,2-4,6H2,1H3,(H2,10,13)/t7-/m0/s1. The minimum Gasteiger partial charge on any atom is -0.368 e. The first-order chi connectivity index (χ1) is 6.16. The predicted molar refractivity (Wildman–Crippen MR) is 48.5 cm³/mol. The molecule has 0 bridgehead atoms. The summed E-state index contributed by atoms with van der Waals surface area (Å²) in [4.78, 5) is 23.9. The zero-order valence-electron chi connectivity index (χ0n) is 7.82. The maximum absolute atomic E-state index is 11.4. The van der Waals surface area contributed by atoms with E-state index in [2.05, 4.69) is 0 Å². The molecule has 0 aromatic carbocycles. The number of nitrogens with zero attached hydrogens (tertiary/aromatic N) is 1. The molecule has 1 rings (SSSR count). The predicted octanol–water partition coefficient (Wildman–Crippen LogP) is 0.0770. The third-order valence-corrected chi connectivity index (χ3v) is 2.24. The van der Waals surface area contributed by atoms with Crippen LogP contribution in [-0.2, 0) is 9.59 Å². The lowest BCUT2D eigenvalue weighted by Gasteiger charge is -2.33. The summed E-state index contributed by atoms with van der Waals surface area (Å²) < 4.78 is 0. The van der Waals surface area contributed by atoms with Crippen LogP contribution in [0.4, 0.5) is 0 Å². The minimum atomic E-state index is -0.485. The van der Waals surface area contributed by atoms with Gasteiger partial charge in [-0.1, -0.05) is 6.92 Å². The van der Waals surface area contributed by atoms with E-state index in [-0.39, 0.29) is 5.91 Å². The number of carbonyl (C=O) groups is 2. The van der Waals surface area contributed by atoms with E-state index in [0.717, 1.165) is 12.8 Å². The van der Waals surface area contributed by atoms with Crippen LogP contribution < -0.4 is 5.73 Å². The number of piperidine rings is 1. The summed E-state index contributed by atoms with van der Waals surface area (Å²) in [5.74, 6) is -0.429. The number of hydrogen-bond acceptors (Lipinski definition) is 2. The number of hydrogen-bond donors (Lipinski definition) is 1. The Morgan fingerprint density at radius 1 is 1.62 bits per heavy atom. The molecule has 1 aliphatic rings. The fourth-order valence-electron chi connectivity index (χ4n) is 1.56. The van der Waals surface area contributed by atoms with Crippen LogP contribution in [-0.4, -0.2) is 29.3 Å². The minimum absolute atomic E-state index is 0.000231. The van der Waals surface area contributed by atoms with Gasteiger partial charge in [0.1, 0.15) is 6.04 Å². The van der Waals surface area contributed by atoms with E-state index in [1.54, 1.807) is 11.8 Å². The monoisotopic (exact) mass is 183 g/mol. The molecule has 1 atom stereocenters. The van der Waals surface area contributed by atoms with Crippen molar-refractivity contribution < 1.29 is 9.59 Å². The molecule has 13 heavy (non-hydrogen) atoms. The molecule has 4 heteroatoms. The number of rotatable bonds is 2. The van der Waals surface area contributed by atoms with Gasteiger partial charge in [0.2, 0.25) is 11.8 Å². The Balaban J connectivity index is 2.67. The van der Waals surface area contributed by atoms with Gasteiger partial charge < -0.3 is 10.6 Å². The second-order valence-electron chi connectivity index (χ2n) is 3.17. The Morgan fingerprint density at radius 3 is 2.85 bits per heavy atom. The van der Waals surface area contributed by atoms with Gasteiger partial charge in [0.15, 0.2) is 0 Å². The molecule has 2 N–H and O–H groups in total. The van der Waals surface area contributed by atoms with Crippen LogP contribution in [0.1, 0.15) is 26.2 Å². The summed E-state index contributed by atoms with van der Waals surface area (Å²) in [6.07, 6.45) is 4.04. The highest BCUT2D eigenvalue weighted by molar-refractivity contribution is 5.87. The number of primary amides is 1. The summed E-state index contributed by atoms with van der Waals surface area (Å²) in [5.41, 5.74) is 5.19. The van der Waals surface area contributed by atoms with Gasteiger partial charge in [-0.3, -0.25) is 9.59 Å². The Morgan fingerprint density at radius 2 is 2.31 bits per heavy atom. The largest absolute Gasteiger partial charge is 0.368 e. The number of amides is 2. The molecule has 2 amide bonds. The highest BCUT2D eigenvalue weighted by Crippen LogP contribution is 2.16. The first-order valence-corrected chi connectivity index (χ1v) is 4.59. The van der Waals surface area contributed by atoms with Gasteiger partial charge in [0, 0.05) is 13.0 Å². The van der Waals surface area contributed by atoms with Gasteiger partial charge in [-0.15, -0.1) is 0 Å². The molecule has 0 aromatic rings. The van der Waals surface area contributed by atoms with E-state index in [4.69, 9.17) is 5.73 Å². The van der Waals surface area contributed by atoms with Crippen LogP contribution in [0.5, 0.6) is 0 Å². The zero-order chi connectivity index (χ0) is 9.84. The Kier molecular flexibility index (Phi) is 3.28. The van der Waals surface area contributed by atoms with Crippen molar-refractivity contribution in [3.05, 3.63) is 6.42 Å². The lowest BCUT2D eigenvalue weighted by Crippen LogP contribution is -2.50. The van der Waals surface area contributed by atoms with E-state index >= 15 is 0 Å². The highest BCUT2D eigenvalue weighted by Gasteiger charge is 2.29. The molecule has 0 saturated carbocycles. The second-order valence-corrected chi connectivity index (χ2v) is 3.17. The van der Waals surface area contributed by atoms with Gasteiger partial charge in [0.25, 0.3) is 0 Å². The summed E-state index contributed by atoms with van der Waals surface area (Å²) in [7, 11) is 0. The molecule has 0 spiro atoms. The first kappa shape index (κ1) is 10.0. The van der Waals surface area contributed by atoms with Gasteiger partial charge in [0.05, 0.1) is 0 Å². The van der Waals surface area contributed by atoms with E-state index in [0.29, 0.717) is 13.0 Å². The maximum Gasteiger partial charge on any atom is 0.240 e. The van der Waals surface area contributed by atoms with E-state index in [1.807, 2.05) is 6.42 Å². The van der Waals surface area contributed by atoms with Crippen molar-refractivity contribution in [1.82, 2.24) is 4.90 Å². The van der Waals surface area contributed by atoms with E-state index in [1.165, 1.54) is 0 Å². The maximum atomic E-state index is 11.4. The third-order valence-electron chi connectivity index (χ3n) is 2.24. The first-order valence-electron chi connectivity index (χ1n) is 4.59. The van der Waals surface area contributed by atoms with Crippen molar-refractivity contribution in [3.63, 3.8) is 0 Å². The van der Waals surface area contributed by atoms with Crippen molar-refractivity contribution in [2.45, 2.75) is 32.2 Å². The third kappa shape index (κ3) is 2.20. The number of likely N-dealkylation sites (tertiary alicyclic amines) is 1. The second kappa shape index (κ2) is 4.25. The molecule has 73 valence electrons. The fraction of sp³-hybridized carbons (Fsp3) is 0.667. The van der Waals surface area contributed by atoms with Gasteiger partial charge in [-0.2, -0.15) is 0 Å². The SMILES string of the molecule is CCC(=O)N1CCC[CH][C@H]1C(N)=O. The topological polar surface area (TPSA) is 63.4 Å². The summed E-state index contributed by atoms with van der Waals surface area (Å²) in [5, 5.41) is 0. The van der Waals surface area contributed by atoms with Crippen molar-refractivity contribution in [1.29, 1.82) is 0 Å². The molecule has 1 saturated heterocycles. The molecule has 1 aliphatic heterocycles. The average Bonchev–Trinajstić information content (AvgIpc) is 2.16. The van der Waals surface area contributed by atoms with E-state index in [9.17, 15) is 9.59 Å². The van der Waals surface area contributed by atoms with Crippen LogP contribution in [0.25, 0.3) is 0 Å². The van der Waals surface area contributed by atoms with Gasteiger partial charge in [-0.25, -0.2) is 0 Å². The number of carbonyl (C=O) groups excluding carboxylic acids is 2. The summed E-state index contributed by atoms with van der Waals surface area (Å²) in [6, 6.07) is -0.485. The van der Waals surface area contributed by atoms with Crippen LogP contribution in [0.3, 0.4) is 0 Å². The van der Waals surface area contributed by atoms with Crippen molar-refractivity contribution in [3.8, 4) is 0 Å². The molecule has 0 aromatic heterocycles. The van der Waals surface area contributed by atoms with Gasteiger partial charge in [-0.05, 0) is 19.3 Å². The van der Waals surface area contributed by atoms with E-state index < -0.39 is 11.9 Å². The number of nitrogens with two attached hydrogens (primary N) is 1. The van der Waals surface area contributed by atoms with Crippen molar-refractivity contribution >= 4 is 11.8 Å². The zero-order valence-corrected chi connectivity index (χ0v) is 7.82. The fourth-order valence-corrected chi connectivity index (χ4v) is 1.56. The smallest absolute Gasteiger partial charge is 0.240 e. The van der Waals surface area contributed by atoms with Crippen LogP contribution in [0.15, 0.2) is 0 Å². The van der Waals surface area contributed by atoms with Crippen LogP contribution >= 0.6 is 0 Å². The quantitative estimate of drug-likeness (QED) is 0.658. The lowest BCUT2D eigenvalue weighted by atomic mass is 10.0. The lowest BCUT2D eigenvalue weighted by molar-refractivity contribution is -0.139. The molecule has 4 nitrogen and oxygen atoms in total. The molecule has 0 unspecified atom stereocenters. The highest BCUT2D eigenvalue weighted by atomic mass is 16.2. The average molecular weight is 183 g/mol.